The zero-order valence-electron chi connectivity index (χ0n) is 17.1. The maximum atomic E-state index is 13.5. The van der Waals surface area contributed by atoms with Crippen LogP contribution in [0.3, 0.4) is 0 Å². The summed E-state index contributed by atoms with van der Waals surface area (Å²) in [5, 5.41) is 3.22. The maximum absolute atomic E-state index is 13.5. The van der Waals surface area contributed by atoms with E-state index in [1.807, 2.05) is 11.0 Å². The number of likely N-dealkylation sites (tertiary alicyclic amines) is 1. The number of benzene rings is 1. The summed E-state index contributed by atoms with van der Waals surface area (Å²) in [6, 6.07) is 10.5. The first-order valence-electron chi connectivity index (χ1n) is 11.0. The number of piperidine rings is 1. The zero-order valence-corrected chi connectivity index (χ0v) is 17.1. The van der Waals surface area contributed by atoms with Gasteiger partial charge in [-0.3, -0.25) is 14.5 Å². The number of rotatable bonds is 5. The SMILES string of the molecule is CCCCN1C(=O)C2(CCCC2)NC(=O)C12CCN(Cc1ccccc1)CC2. The largest absolute Gasteiger partial charge is 0.340 e. The van der Waals surface area contributed by atoms with E-state index in [1.54, 1.807) is 0 Å². The predicted molar refractivity (Wildman–Crippen MR) is 110 cm³/mol. The first kappa shape index (κ1) is 19.4. The van der Waals surface area contributed by atoms with Crippen molar-refractivity contribution in [2.75, 3.05) is 19.6 Å². The van der Waals surface area contributed by atoms with Crippen molar-refractivity contribution in [1.29, 1.82) is 0 Å². The van der Waals surface area contributed by atoms with Crippen LogP contribution in [-0.4, -0.2) is 52.3 Å². The topological polar surface area (TPSA) is 52.7 Å². The van der Waals surface area contributed by atoms with Crippen molar-refractivity contribution in [3.05, 3.63) is 35.9 Å². The van der Waals surface area contributed by atoms with Crippen molar-refractivity contribution >= 4 is 11.8 Å². The molecule has 152 valence electrons. The molecule has 2 heterocycles. The molecule has 0 radical (unpaired) electrons. The number of hydrogen-bond acceptors (Lipinski definition) is 3. The van der Waals surface area contributed by atoms with Crippen LogP contribution in [-0.2, 0) is 16.1 Å². The third kappa shape index (κ3) is 3.34. The van der Waals surface area contributed by atoms with E-state index in [9.17, 15) is 9.59 Å². The lowest BCUT2D eigenvalue weighted by molar-refractivity contribution is -0.167. The highest BCUT2D eigenvalue weighted by Gasteiger charge is 2.59. The van der Waals surface area contributed by atoms with E-state index in [1.165, 1.54) is 5.56 Å². The second kappa shape index (κ2) is 7.86. The lowest BCUT2D eigenvalue weighted by Crippen LogP contribution is -2.76. The van der Waals surface area contributed by atoms with Crippen LogP contribution in [0.4, 0.5) is 0 Å². The second-order valence-electron chi connectivity index (χ2n) is 8.85. The van der Waals surface area contributed by atoms with Gasteiger partial charge in [-0.25, -0.2) is 0 Å². The summed E-state index contributed by atoms with van der Waals surface area (Å²) in [5.74, 6) is 0.291. The summed E-state index contributed by atoms with van der Waals surface area (Å²) in [4.78, 5) is 31.4. The lowest BCUT2D eigenvalue weighted by atomic mass is 9.78. The molecule has 4 rings (SSSR count). The molecule has 1 N–H and O–H groups in total. The molecule has 5 nitrogen and oxygen atoms in total. The molecule has 2 spiro atoms. The Morgan fingerprint density at radius 1 is 1.00 bits per heavy atom. The van der Waals surface area contributed by atoms with Crippen LogP contribution < -0.4 is 5.32 Å². The molecule has 28 heavy (non-hydrogen) atoms. The van der Waals surface area contributed by atoms with E-state index in [2.05, 4.69) is 41.4 Å². The lowest BCUT2D eigenvalue weighted by Gasteiger charge is -2.54. The number of hydrogen-bond donors (Lipinski definition) is 1. The molecule has 1 aromatic rings. The first-order valence-corrected chi connectivity index (χ1v) is 11.0. The molecule has 0 bridgehead atoms. The molecular formula is C23H33N3O2. The monoisotopic (exact) mass is 383 g/mol. The van der Waals surface area contributed by atoms with Crippen molar-refractivity contribution in [3.8, 4) is 0 Å². The van der Waals surface area contributed by atoms with E-state index in [-0.39, 0.29) is 11.8 Å². The van der Waals surface area contributed by atoms with Gasteiger partial charge in [-0.05, 0) is 37.7 Å². The molecular weight excluding hydrogens is 350 g/mol. The molecule has 0 aromatic heterocycles. The molecule has 3 aliphatic rings. The molecule has 2 amide bonds. The van der Waals surface area contributed by atoms with Gasteiger partial charge in [0.25, 0.3) is 0 Å². The van der Waals surface area contributed by atoms with Crippen LogP contribution in [0.1, 0.15) is 63.9 Å². The quantitative estimate of drug-likeness (QED) is 0.850. The number of unbranched alkanes of at least 4 members (excludes halogenated alkanes) is 1. The number of carbonyl (C=O) groups excluding carboxylic acids is 2. The average molecular weight is 384 g/mol. The Morgan fingerprint density at radius 2 is 1.68 bits per heavy atom. The highest BCUT2D eigenvalue weighted by Crippen LogP contribution is 2.41. The van der Waals surface area contributed by atoms with E-state index in [0.29, 0.717) is 6.54 Å². The Bertz CT molecular complexity index is 704. The van der Waals surface area contributed by atoms with Crippen LogP contribution in [0.2, 0.25) is 0 Å². The first-order chi connectivity index (χ1) is 13.6. The normalized spacial score (nSPS) is 24.1. The maximum Gasteiger partial charge on any atom is 0.249 e. The summed E-state index contributed by atoms with van der Waals surface area (Å²) in [7, 11) is 0. The van der Waals surface area contributed by atoms with E-state index in [0.717, 1.165) is 71.0 Å². The molecule has 0 unspecified atom stereocenters. The van der Waals surface area contributed by atoms with Gasteiger partial charge in [0.05, 0.1) is 0 Å². The fourth-order valence-corrected chi connectivity index (χ4v) is 5.33. The number of piperazine rings is 1. The Balaban J connectivity index is 1.51. The van der Waals surface area contributed by atoms with Crippen molar-refractivity contribution in [2.45, 2.75) is 75.9 Å². The Hall–Kier alpha value is -1.88. The highest BCUT2D eigenvalue weighted by atomic mass is 16.2. The van der Waals surface area contributed by atoms with Crippen molar-refractivity contribution in [2.24, 2.45) is 0 Å². The minimum atomic E-state index is -0.646. The van der Waals surface area contributed by atoms with E-state index < -0.39 is 11.1 Å². The van der Waals surface area contributed by atoms with Crippen molar-refractivity contribution in [1.82, 2.24) is 15.1 Å². The molecule has 2 aliphatic heterocycles. The Labute approximate surface area is 168 Å². The summed E-state index contributed by atoms with van der Waals surface area (Å²) < 4.78 is 0. The van der Waals surface area contributed by atoms with Gasteiger partial charge in [-0.15, -0.1) is 0 Å². The van der Waals surface area contributed by atoms with Gasteiger partial charge >= 0.3 is 0 Å². The van der Waals surface area contributed by atoms with Crippen molar-refractivity contribution < 1.29 is 9.59 Å². The number of nitrogens with zero attached hydrogens (tertiary/aromatic N) is 2. The smallest absolute Gasteiger partial charge is 0.249 e. The average Bonchev–Trinajstić information content (AvgIpc) is 3.18. The molecule has 2 saturated heterocycles. The van der Waals surface area contributed by atoms with Gasteiger partial charge < -0.3 is 10.2 Å². The predicted octanol–water partition coefficient (Wildman–Crippen LogP) is 3.09. The van der Waals surface area contributed by atoms with Crippen LogP contribution in [0.15, 0.2) is 30.3 Å². The fraction of sp³-hybridized carbons (Fsp3) is 0.652. The molecule has 5 heteroatoms. The number of carbonyl (C=O) groups is 2. The molecule has 0 atom stereocenters. The third-order valence-corrected chi connectivity index (χ3v) is 7.07. The van der Waals surface area contributed by atoms with Gasteiger partial charge in [0.2, 0.25) is 11.8 Å². The molecule has 1 aromatic carbocycles. The minimum Gasteiger partial charge on any atom is -0.340 e. The summed E-state index contributed by atoms with van der Waals surface area (Å²) >= 11 is 0. The second-order valence-corrected chi connectivity index (χ2v) is 8.85. The van der Waals surface area contributed by atoms with Gasteiger partial charge in [0, 0.05) is 26.2 Å². The van der Waals surface area contributed by atoms with Crippen molar-refractivity contribution in [3.63, 3.8) is 0 Å². The molecule has 3 fully saturated rings. The molecule has 1 aliphatic carbocycles. The summed E-state index contributed by atoms with van der Waals surface area (Å²) in [6.45, 7) is 5.47. The van der Waals surface area contributed by atoms with Crippen LogP contribution in [0, 0.1) is 0 Å². The third-order valence-electron chi connectivity index (χ3n) is 7.07. The summed E-state index contributed by atoms with van der Waals surface area (Å²) in [6.07, 6.45) is 7.14. The van der Waals surface area contributed by atoms with Gasteiger partial charge in [-0.1, -0.05) is 56.5 Å². The fourth-order valence-electron chi connectivity index (χ4n) is 5.33. The highest BCUT2D eigenvalue weighted by molar-refractivity contribution is 6.02. The van der Waals surface area contributed by atoms with E-state index >= 15 is 0 Å². The van der Waals surface area contributed by atoms with Crippen LogP contribution in [0.25, 0.3) is 0 Å². The number of amides is 2. The van der Waals surface area contributed by atoms with E-state index in [4.69, 9.17) is 0 Å². The molecule has 1 saturated carbocycles. The Morgan fingerprint density at radius 3 is 2.32 bits per heavy atom. The van der Waals surface area contributed by atoms with Crippen LogP contribution in [0.5, 0.6) is 0 Å². The van der Waals surface area contributed by atoms with Crippen LogP contribution >= 0.6 is 0 Å². The summed E-state index contributed by atoms with van der Waals surface area (Å²) in [5.41, 5.74) is 0.0419. The minimum absolute atomic E-state index is 0.101. The van der Waals surface area contributed by atoms with Gasteiger partial charge in [0.15, 0.2) is 0 Å². The zero-order chi connectivity index (χ0) is 19.6. The standard InChI is InChI=1S/C23H33N3O2/c1-2-3-15-26-21(28)22(11-7-8-12-22)24-20(27)23(26)13-16-25(17-14-23)18-19-9-5-4-6-10-19/h4-6,9-10H,2-3,7-8,11-18H2,1H3,(H,24,27). The van der Waals surface area contributed by atoms with Gasteiger partial charge in [0.1, 0.15) is 11.1 Å². The Kier molecular flexibility index (Phi) is 5.46. The number of nitrogens with one attached hydrogen (secondary N) is 1. The van der Waals surface area contributed by atoms with Gasteiger partial charge in [-0.2, -0.15) is 0 Å².